The van der Waals surface area contributed by atoms with Gasteiger partial charge >= 0.3 is 0 Å². The third-order valence-corrected chi connectivity index (χ3v) is 3.21. The summed E-state index contributed by atoms with van der Waals surface area (Å²) in [7, 11) is 0. The predicted octanol–water partition coefficient (Wildman–Crippen LogP) is 3.79. The van der Waals surface area contributed by atoms with Gasteiger partial charge in [0.25, 0.3) is 0 Å². The molecule has 1 aromatic rings. The van der Waals surface area contributed by atoms with Crippen molar-refractivity contribution in [3.05, 3.63) is 35.6 Å². The molecule has 72 valence electrons. The third-order valence-electron chi connectivity index (χ3n) is 2.10. The van der Waals surface area contributed by atoms with E-state index in [1.807, 2.05) is 12.1 Å². The van der Waals surface area contributed by atoms with E-state index >= 15 is 0 Å². The maximum atomic E-state index is 12.5. The molecule has 2 heteroatoms. The van der Waals surface area contributed by atoms with Gasteiger partial charge in [-0.3, -0.25) is 0 Å². The molecule has 0 nitrogen and oxygen atoms in total. The van der Waals surface area contributed by atoms with Crippen LogP contribution in [0.5, 0.6) is 0 Å². The Morgan fingerprint density at radius 3 is 2.46 bits per heavy atom. The summed E-state index contributed by atoms with van der Waals surface area (Å²) in [5, 5.41) is 1.04. The standard InChI is InChI=1S/C11H14BrF/c1-9(8-12)2-3-10-4-6-11(13)7-5-10/h4-7,9H,2-3,8H2,1H3. The zero-order valence-electron chi connectivity index (χ0n) is 7.76. The minimum Gasteiger partial charge on any atom is -0.207 e. The van der Waals surface area contributed by atoms with E-state index in [2.05, 4.69) is 22.9 Å². The molecular formula is C11H14BrF. The molecule has 0 heterocycles. The van der Waals surface area contributed by atoms with Crippen LogP contribution in [0, 0.1) is 11.7 Å². The number of alkyl halides is 1. The molecule has 1 rings (SSSR count). The highest BCUT2D eigenvalue weighted by Crippen LogP contribution is 2.11. The molecule has 0 aromatic heterocycles. The van der Waals surface area contributed by atoms with E-state index in [4.69, 9.17) is 0 Å². The quantitative estimate of drug-likeness (QED) is 0.708. The van der Waals surface area contributed by atoms with Gasteiger partial charge in [0.15, 0.2) is 0 Å². The zero-order chi connectivity index (χ0) is 9.68. The van der Waals surface area contributed by atoms with Gasteiger partial charge in [-0.1, -0.05) is 35.0 Å². The van der Waals surface area contributed by atoms with Crippen LogP contribution in [-0.2, 0) is 6.42 Å². The van der Waals surface area contributed by atoms with Crippen LogP contribution in [0.2, 0.25) is 0 Å². The molecule has 0 N–H and O–H groups in total. The van der Waals surface area contributed by atoms with Crippen molar-refractivity contribution in [3.8, 4) is 0 Å². The Balaban J connectivity index is 2.41. The monoisotopic (exact) mass is 244 g/mol. The summed E-state index contributed by atoms with van der Waals surface area (Å²) in [6.45, 7) is 2.21. The molecule has 1 atom stereocenters. The second-order valence-electron chi connectivity index (χ2n) is 3.42. The number of hydrogen-bond donors (Lipinski definition) is 0. The van der Waals surface area contributed by atoms with Gasteiger partial charge in [0.05, 0.1) is 0 Å². The van der Waals surface area contributed by atoms with Crippen molar-refractivity contribution < 1.29 is 4.39 Å². The Morgan fingerprint density at radius 2 is 1.92 bits per heavy atom. The molecule has 0 aliphatic rings. The van der Waals surface area contributed by atoms with Crippen LogP contribution in [0.25, 0.3) is 0 Å². The first-order valence-corrected chi connectivity index (χ1v) is 5.65. The van der Waals surface area contributed by atoms with Crippen molar-refractivity contribution in [2.24, 2.45) is 5.92 Å². The summed E-state index contributed by atoms with van der Waals surface area (Å²) < 4.78 is 12.5. The van der Waals surface area contributed by atoms with E-state index in [1.54, 1.807) is 0 Å². The number of halogens is 2. The summed E-state index contributed by atoms with van der Waals surface area (Å²) in [5.41, 5.74) is 1.22. The Kier molecular flexibility index (Phi) is 4.43. The maximum absolute atomic E-state index is 12.5. The molecule has 0 radical (unpaired) electrons. The lowest BCUT2D eigenvalue weighted by atomic mass is 10.0. The average Bonchev–Trinajstić information content (AvgIpc) is 2.16. The Hall–Kier alpha value is -0.370. The zero-order valence-corrected chi connectivity index (χ0v) is 9.35. The van der Waals surface area contributed by atoms with Crippen molar-refractivity contribution in [2.75, 3.05) is 5.33 Å². The lowest BCUT2D eigenvalue weighted by Gasteiger charge is -2.06. The molecule has 0 saturated carbocycles. The lowest BCUT2D eigenvalue weighted by molar-refractivity contribution is 0.597. The predicted molar refractivity (Wildman–Crippen MR) is 57.7 cm³/mol. The molecule has 1 aromatic carbocycles. The van der Waals surface area contributed by atoms with Gasteiger partial charge in [0.1, 0.15) is 5.82 Å². The summed E-state index contributed by atoms with van der Waals surface area (Å²) in [6.07, 6.45) is 2.18. The highest BCUT2D eigenvalue weighted by molar-refractivity contribution is 9.09. The summed E-state index contributed by atoms with van der Waals surface area (Å²) in [5.74, 6) is 0.530. The molecule has 0 saturated heterocycles. The Morgan fingerprint density at radius 1 is 1.31 bits per heavy atom. The number of aryl methyl sites for hydroxylation is 1. The first kappa shape index (κ1) is 10.7. The van der Waals surface area contributed by atoms with Crippen LogP contribution in [0.15, 0.2) is 24.3 Å². The van der Waals surface area contributed by atoms with Gasteiger partial charge in [-0.15, -0.1) is 0 Å². The van der Waals surface area contributed by atoms with Crippen molar-refractivity contribution in [1.29, 1.82) is 0 Å². The minimum absolute atomic E-state index is 0.155. The van der Waals surface area contributed by atoms with Crippen molar-refractivity contribution >= 4 is 15.9 Å². The molecule has 13 heavy (non-hydrogen) atoms. The van der Waals surface area contributed by atoms with E-state index in [1.165, 1.54) is 17.7 Å². The second-order valence-corrected chi connectivity index (χ2v) is 4.07. The van der Waals surface area contributed by atoms with Gasteiger partial charge in [0, 0.05) is 5.33 Å². The van der Waals surface area contributed by atoms with Crippen LogP contribution in [0.1, 0.15) is 18.9 Å². The van der Waals surface area contributed by atoms with Gasteiger partial charge in [-0.25, -0.2) is 4.39 Å². The molecule has 0 amide bonds. The Labute approximate surface area is 87.3 Å². The lowest BCUT2D eigenvalue weighted by Crippen LogP contribution is -1.98. The SMILES string of the molecule is CC(CBr)CCc1ccc(F)cc1. The smallest absolute Gasteiger partial charge is 0.123 e. The van der Waals surface area contributed by atoms with Crippen LogP contribution < -0.4 is 0 Å². The minimum atomic E-state index is -0.155. The fraction of sp³-hybridized carbons (Fsp3) is 0.455. The molecule has 0 bridgehead atoms. The van der Waals surface area contributed by atoms with E-state index in [9.17, 15) is 4.39 Å². The first-order chi connectivity index (χ1) is 6.22. The molecule has 0 fully saturated rings. The summed E-state index contributed by atoms with van der Waals surface area (Å²) in [4.78, 5) is 0. The van der Waals surface area contributed by atoms with Crippen molar-refractivity contribution in [1.82, 2.24) is 0 Å². The van der Waals surface area contributed by atoms with Crippen LogP contribution >= 0.6 is 15.9 Å². The third kappa shape index (κ3) is 3.90. The van der Waals surface area contributed by atoms with Gasteiger partial charge < -0.3 is 0 Å². The number of rotatable bonds is 4. The number of hydrogen-bond acceptors (Lipinski definition) is 0. The molecular weight excluding hydrogens is 231 g/mol. The first-order valence-electron chi connectivity index (χ1n) is 4.53. The van der Waals surface area contributed by atoms with E-state index in [0.717, 1.165) is 18.2 Å². The van der Waals surface area contributed by atoms with E-state index in [0.29, 0.717) is 5.92 Å². The van der Waals surface area contributed by atoms with Gasteiger partial charge in [-0.05, 0) is 36.5 Å². The topological polar surface area (TPSA) is 0 Å². The molecule has 0 aliphatic carbocycles. The second kappa shape index (κ2) is 5.38. The van der Waals surface area contributed by atoms with Gasteiger partial charge in [0.2, 0.25) is 0 Å². The fourth-order valence-electron chi connectivity index (χ4n) is 1.14. The molecule has 1 unspecified atom stereocenters. The summed E-state index contributed by atoms with van der Waals surface area (Å²) in [6, 6.07) is 6.76. The van der Waals surface area contributed by atoms with E-state index in [-0.39, 0.29) is 5.82 Å². The Bertz CT molecular complexity index is 243. The largest absolute Gasteiger partial charge is 0.207 e. The van der Waals surface area contributed by atoms with Crippen molar-refractivity contribution in [2.45, 2.75) is 19.8 Å². The molecule has 0 aliphatic heterocycles. The maximum Gasteiger partial charge on any atom is 0.123 e. The highest BCUT2D eigenvalue weighted by atomic mass is 79.9. The highest BCUT2D eigenvalue weighted by Gasteiger charge is 2.00. The van der Waals surface area contributed by atoms with Crippen LogP contribution in [0.3, 0.4) is 0 Å². The van der Waals surface area contributed by atoms with Crippen LogP contribution in [-0.4, -0.2) is 5.33 Å². The van der Waals surface area contributed by atoms with E-state index < -0.39 is 0 Å². The number of benzene rings is 1. The molecule has 0 spiro atoms. The van der Waals surface area contributed by atoms with Crippen LogP contribution in [0.4, 0.5) is 4.39 Å². The van der Waals surface area contributed by atoms with Gasteiger partial charge in [-0.2, -0.15) is 0 Å². The summed E-state index contributed by atoms with van der Waals surface area (Å²) >= 11 is 3.44. The normalized spacial score (nSPS) is 12.8. The fourth-order valence-corrected chi connectivity index (χ4v) is 1.47. The van der Waals surface area contributed by atoms with Crippen molar-refractivity contribution in [3.63, 3.8) is 0 Å². The average molecular weight is 245 g/mol.